The van der Waals surface area contributed by atoms with Crippen LogP contribution in [0.1, 0.15) is 46.0 Å². The number of carboxylic acid groups (broad SMARTS) is 1. The fraction of sp³-hybridized carbons (Fsp3) is 0.909. The van der Waals surface area contributed by atoms with Crippen molar-refractivity contribution in [3.8, 4) is 0 Å². The van der Waals surface area contributed by atoms with E-state index in [1.165, 1.54) is 6.42 Å². The van der Waals surface area contributed by atoms with Crippen LogP contribution in [0, 0.1) is 11.8 Å². The molecule has 0 amide bonds. The molecule has 0 radical (unpaired) electrons. The Balaban J connectivity index is 2.66. The Morgan fingerprint density at radius 3 is 2.29 bits per heavy atom. The van der Waals surface area contributed by atoms with E-state index < -0.39 is 17.5 Å². The summed E-state index contributed by atoms with van der Waals surface area (Å²) in [5.41, 5.74) is -1.05. The molecular formula is C11H20O3. The highest BCUT2D eigenvalue weighted by Gasteiger charge is 2.40. The molecule has 0 saturated heterocycles. The first-order valence-electron chi connectivity index (χ1n) is 5.41. The lowest BCUT2D eigenvalue weighted by atomic mass is 9.72. The quantitative estimate of drug-likeness (QED) is 0.733. The van der Waals surface area contributed by atoms with Gasteiger partial charge in [0.2, 0.25) is 0 Å². The van der Waals surface area contributed by atoms with Crippen LogP contribution >= 0.6 is 0 Å². The first-order chi connectivity index (χ1) is 6.46. The van der Waals surface area contributed by atoms with Crippen LogP contribution in [0.5, 0.6) is 0 Å². The molecule has 0 heterocycles. The first kappa shape index (κ1) is 11.5. The molecule has 0 bridgehead atoms. The summed E-state index contributed by atoms with van der Waals surface area (Å²) in [6.45, 7) is 3.26. The van der Waals surface area contributed by atoms with Crippen molar-refractivity contribution >= 4 is 5.97 Å². The number of carboxylic acids is 1. The molecule has 2 atom stereocenters. The molecule has 82 valence electrons. The third-order valence-electron chi connectivity index (χ3n) is 3.68. The largest absolute Gasteiger partial charge is 0.481 e. The van der Waals surface area contributed by atoms with Gasteiger partial charge in [-0.05, 0) is 32.6 Å². The van der Waals surface area contributed by atoms with E-state index in [4.69, 9.17) is 5.11 Å². The molecular weight excluding hydrogens is 180 g/mol. The normalized spacial score (nSPS) is 25.4. The Morgan fingerprint density at radius 2 is 1.86 bits per heavy atom. The van der Waals surface area contributed by atoms with Gasteiger partial charge < -0.3 is 10.2 Å². The molecule has 1 aliphatic rings. The molecule has 1 aliphatic carbocycles. The second kappa shape index (κ2) is 4.30. The summed E-state index contributed by atoms with van der Waals surface area (Å²) in [6, 6.07) is 0. The third kappa shape index (κ3) is 2.27. The maximum Gasteiger partial charge on any atom is 0.309 e. The summed E-state index contributed by atoms with van der Waals surface area (Å²) < 4.78 is 0. The molecule has 1 fully saturated rings. The summed E-state index contributed by atoms with van der Waals surface area (Å²) in [7, 11) is 0. The van der Waals surface area contributed by atoms with Crippen molar-refractivity contribution in [3.63, 3.8) is 0 Å². The molecule has 1 rings (SSSR count). The fourth-order valence-corrected chi connectivity index (χ4v) is 2.29. The fourth-order valence-electron chi connectivity index (χ4n) is 2.29. The number of hydrogen-bond acceptors (Lipinski definition) is 2. The van der Waals surface area contributed by atoms with Crippen molar-refractivity contribution < 1.29 is 15.0 Å². The molecule has 0 aromatic heterocycles. The predicted molar refractivity (Wildman–Crippen MR) is 54.0 cm³/mol. The molecule has 0 aromatic rings. The third-order valence-corrected chi connectivity index (χ3v) is 3.68. The van der Waals surface area contributed by atoms with Gasteiger partial charge in [0.05, 0.1) is 11.5 Å². The highest BCUT2D eigenvalue weighted by Crippen LogP contribution is 2.36. The van der Waals surface area contributed by atoms with E-state index in [1.807, 2.05) is 0 Å². The van der Waals surface area contributed by atoms with Gasteiger partial charge in [0, 0.05) is 0 Å². The molecule has 2 N–H and O–H groups in total. The highest BCUT2D eigenvalue weighted by atomic mass is 16.4. The number of carbonyl (C=O) groups is 1. The van der Waals surface area contributed by atoms with Crippen LogP contribution < -0.4 is 0 Å². The van der Waals surface area contributed by atoms with Crippen molar-refractivity contribution in [3.05, 3.63) is 0 Å². The summed E-state index contributed by atoms with van der Waals surface area (Å²) in [4.78, 5) is 10.8. The highest BCUT2D eigenvalue weighted by molar-refractivity contribution is 5.71. The van der Waals surface area contributed by atoms with Gasteiger partial charge in [-0.15, -0.1) is 0 Å². The van der Waals surface area contributed by atoms with Crippen molar-refractivity contribution in [2.24, 2.45) is 11.8 Å². The Kier molecular flexibility index (Phi) is 3.53. The zero-order valence-corrected chi connectivity index (χ0v) is 8.99. The molecule has 14 heavy (non-hydrogen) atoms. The van der Waals surface area contributed by atoms with Gasteiger partial charge in [0.25, 0.3) is 0 Å². The molecule has 0 aliphatic heterocycles. The van der Waals surface area contributed by atoms with Gasteiger partial charge >= 0.3 is 5.97 Å². The number of aliphatic carboxylic acids is 1. The maximum absolute atomic E-state index is 10.8. The lowest BCUT2D eigenvalue weighted by Gasteiger charge is -2.38. The minimum Gasteiger partial charge on any atom is -0.481 e. The van der Waals surface area contributed by atoms with Crippen molar-refractivity contribution in [2.45, 2.75) is 51.6 Å². The van der Waals surface area contributed by atoms with E-state index in [-0.39, 0.29) is 5.92 Å². The summed E-state index contributed by atoms with van der Waals surface area (Å²) in [5.74, 6) is -1.42. The van der Waals surface area contributed by atoms with E-state index in [2.05, 4.69) is 0 Å². The monoisotopic (exact) mass is 200 g/mol. The van der Waals surface area contributed by atoms with E-state index in [0.717, 1.165) is 25.7 Å². The van der Waals surface area contributed by atoms with Gasteiger partial charge in [-0.1, -0.05) is 19.3 Å². The average molecular weight is 200 g/mol. The van der Waals surface area contributed by atoms with Crippen LogP contribution in [-0.4, -0.2) is 21.8 Å². The molecule has 3 nitrogen and oxygen atoms in total. The van der Waals surface area contributed by atoms with E-state index in [0.29, 0.717) is 0 Å². The van der Waals surface area contributed by atoms with Crippen LogP contribution in [0.3, 0.4) is 0 Å². The lowest BCUT2D eigenvalue weighted by Crippen LogP contribution is -2.45. The van der Waals surface area contributed by atoms with E-state index in [1.54, 1.807) is 13.8 Å². The van der Waals surface area contributed by atoms with Gasteiger partial charge in [0.15, 0.2) is 0 Å². The lowest BCUT2D eigenvalue weighted by molar-refractivity contribution is -0.154. The maximum atomic E-state index is 10.8. The van der Waals surface area contributed by atoms with Crippen LogP contribution in [0.25, 0.3) is 0 Å². The van der Waals surface area contributed by atoms with E-state index >= 15 is 0 Å². The Bertz CT molecular complexity index is 205. The number of rotatable bonds is 3. The SMILES string of the molecule is CC(C(=O)O)C(C)(O)C1CCCCC1. The van der Waals surface area contributed by atoms with E-state index in [9.17, 15) is 9.90 Å². The average Bonchev–Trinajstić information content (AvgIpc) is 2.18. The topological polar surface area (TPSA) is 57.5 Å². The minimum atomic E-state index is -1.05. The second-order valence-corrected chi connectivity index (χ2v) is 4.62. The van der Waals surface area contributed by atoms with Crippen LogP contribution in [0.4, 0.5) is 0 Å². The van der Waals surface area contributed by atoms with Crippen molar-refractivity contribution in [1.82, 2.24) is 0 Å². The molecule has 2 unspecified atom stereocenters. The van der Waals surface area contributed by atoms with Gasteiger partial charge in [0.1, 0.15) is 0 Å². The Labute approximate surface area is 85.1 Å². The molecule has 0 spiro atoms. The van der Waals surface area contributed by atoms with Gasteiger partial charge in [-0.25, -0.2) is 0 Å². The summed E-state index contributed by atoms with van der Waals surface area (Å²) in [6.07, 6.45) is 5.38. The number of aliphatic hydroxyl groups is 1. The number of hydrogen-bond donors (Lipinski definition) is 2. The Hall–Kier alpha value is -0.570. The summed E-state index contributed by atoms with van der Waals surface area (Å²) >= 11 is 0. The zero-order valence-electron chi connectivity index (χ0n) is 8.99. The smallest absolute Gasteiger partial charge is 0.309 e. The van der Waals surface area contributed by atoms with Crippen molar-refractivity contribution in [2.75, 3.05) is 0 Å². The minimum absolute atomic E-state index is 0.155. The Morgan fingerprint density at radius 1 is 1.36 bits per heavy atom. The molecule has 3 heteroatoms. The van der Waals surface area contributed by atoms with Gasteiger partial charge in [-0.2, -0.15) is 0 Å². The van der Waals surface area contributed by atoms with Crippen LogP contribution in [-0.2, 0) is 4.79 Å². The molecule has 0 aromatic carbocycles. The van der Waals surface area contributed by atoms with Crippen LogP contribution in [0.15, 0.2) is 0 Å². The zero-order chi connectivity index (χ0) is 10.8. The predicted octanol–water partition coefficient (Wildman–Crippen LogP) is 2.04. The second-order valence-electron chi connectivity index (χ2n) is 4.62. The van der Waals surface area contributed by atoms with Gasteiger partial charge in [-0.3, -0.25) is 4.79 Å². The van der Waals surface area contributed by atoms with Crippen LogP contribution in [0.2, 0.25) is 0 Å². The van der Waals surface area contributed by atoms with Crippen molar-refractivity contribution in [1.29, 1.82) is 0 Å². The standard InChI is InChI=1S/C11H20O3/c1-8(10(12)13)11(2,14)9-6-4-3-5-7-9/h8-9,14H,3-7H2,1-2H3,(H,12,13). The molecule has 1 saturated carbocycles. The summed E-state index contributed by atoms with van der Waals surface area (Å²) in [5, 5.41) is 19.1. The first-order valence-corrected chi connectivity index (χ1v) is 5.41.